The van der Waals surface area contributed by atoms with Crippen LogP contribution in [-0.4, -0.2) is 58.0 Å². The minimum Gasteiger partial charge on any atom is -0.367 e. The Balaban J connectivity index is 2.08. The van der Waals surface area contributed by atoms with Gasteiger partial charge in [0, 0.05) is 40.3 Å². The molecule has 1 saturated heterocycles. The van der Waals surface area contributed by atoms with Gasteiger partial charge in [0.1, 0.15) is 0 Å². The molecular weight excluding hydrogens is 410 g/mol. The number of halogens is 1. The highest BCUT2D eigenvalue weighted by Crippen LogP contribution is 2.32. The maximum absolute atomic E-state index is 12.7. The van der Waals surface area contributed by atoms with Gasteiger partial charge in [0.2, 0.25) is 5.91 Å². The number of hydrogen-bond acceptors (Lipinski definition) is 4. The van der Waals surface area contributed by atoms with Crippen LogP contribution in [0, 0.1) is 5.92 Å². The molecule has 0 aliphatic carbocycles. The van der Waals surface area contributed by atoms with E-state index in [2.05, 4.69) is 38.1 Å². The van der Waals surface area contributed by atoms with Gasteiger partial charge in [0.15, 0.2) is 0 Å². The predicted octanol–water partition coefficient (Wildman–Crippen LogP) is 1.99. The third-order valence-electron chi connectivity index (χ3n) is 5.33. The molecule has 1 N–H and O–H groups in total. The summed E-state index contributed by atoms with van der Waals surface area (Å²) in [7, 11) is 5.65. The zero-order valence-electron chi connectivity index (χ0n) is 16.6. The number of anilines is 2. The first-order chi connectivity index (χ1) is 12.7. The van der Waals surface area contributed by atoms with E-state index in [1.165, 1.54) is 0 Å². The normalized spacial score (nSPS) is 16.9. The van der Waals surface area contributed by atoms with Gasteiger partial charge in [0.05, 0.1) is 27.2 Å². The van der Waals surface area contributed by atoms with Crippen molar-refractivity contribution in [1.29, 1.82) is 0 Å². The highest BCUT2D eigenvalue weighted by atomic mass is 79.9. The molecule has 1 aromatic carbocycles. The van der Waals surface area contributed by atoms with Crippen molar-refractivity contribution in [2.45, 2.75) is 18.7 Å². The van der Waals surface area contributed by atoms with Crippen molar-refractivity contribution < 1.29 is 4.79 Å². The summed E-state index contributed by atoms with van der Waals surface area (Å²) in [6.07, 6.45) is 0. The van der Waals surface area contributed by atoms with Crippen LogP contribution in [0.25, 0.3) is 11.0 Å². The number of benzene rings is 1. The van der Waals surface area contributed by atoms with E-state index in [1.807, 2.05) is 26.0 Å². The van der Waals surface area contributed by atoms with E-state index in [0.29, 0.717) is 0 Å². The number of nitrogens with zero attached hydrogens (tertiary/aromatic N) is 4. The standard InChI is InChI=1S/C19H28BrN5O2/c1-12(2)17(20)18(26)21-13-10-15-16(24(5)19(27)23(15)4)11-14(13)25-8-6-22(3)7-9-25/h10-12,17H,6-9H2,1-5H3,(H,21,26)/t17-/m0/s1. The fraction of sp³-hybridized carbons (Fsp3) is 0.579. The summed E-state index contributed by atoms with van der Waals surface area (Å²) >= 11 is 3.48. The van der Waals surface area contributed by atoms with Crippen LogP contribution in [0.1, 0.15) is 13.8 Å². The van der Waals surface area contributed by atoms with Crippen molar-refractivity contribution in [1.82, 2.24) is 14.0 Å². The molecule has 8 heteroatoms. The number of likely N-dealkylation sites (N-methyl/N-ethyl adjacent to an activating group) is 1. The van der Waals surface area contributed by atoms with Gasteiger partial charge in [-0.1, -0.05) is 29.8 Å². The quantitative estimate of drug-likeness (QED) is 0.742. The number of carbonyl (C=O) groups excluding carboxylic acids is 1. The molecule has 148 valence electrons. The first-order valence-corrected chi connectivity index (χ1v) is 10.2. The fourth-order valence-electron chi connectivity index (χ4n) is 3.45. The van der Waals surface area contributed by atoms with Gasteiger partial charge in [-0.2, -0.15) is 0 Å². The first-order valence-electron chi connectivity index (χ1n) is 9.28. The number of carbonyl (C=O) groups is 1. The summed E-state index contributed by atoms with van der Waals surface area (Å²) < 4.78 is 3.27. The monoisotopic (exact) mass is 437 g/mol. The average Bonchev–Trinajstić information content (AvgIpc) is 2.85. The van der Waals surface area contributed by atoms with Gasteiger partial charge < -0.3 is 15.1 Å². The summed E-state index contributed by atoms with van der Waals surface area (Å²) in [6, 6.07) is 3.94. The van der Waals surface area contributed by atoms with Crippen molar-refractivity contribution in [2.24, 2.45) is 20.0 Å². The van der Waals surface area contributed by atoms with Crippen molar-refractivity contribution in [3.05, 3.63) is 22.6 Å². The van der Waals surface area contributed by atoms with E-state index in [0.717, 1.165) is 48.6 Å². The molecule has 0 saturated carbocycles. The molecule has 0 bridgehead atoms. The van der Waals surface area contributed by atoms with Crippen LogP contribution in [0.2, 0.25) is 0 Å². The number of amides is 1. The van der Waals surface area contributed by atoms with Gasteiger partial charge in [-0.25, -0.2) is 4.79 Å². The predicted molar refractivity (Wildman–Crippen MR) is 114 cm³/mol. The van der Waals surface area contributed by atoms with Crippen LogP contribution in [0.4, 0.5) is 11.4 Å². The number of piperazine rings is 1. The molecule has 3 rings (SSSR count). The zero-order chi connectivity index (χ0) is 19.9. The molecule has 0 radical (unpaired) electrons. The smallest absolute Gasteiger partial charge is 0.328 e. The second-order valence-corrected chi connectivity index (χ2v) is 8.67. The fourth-order valence-corrected chi connectivity index (χ4v) is 3.56. The molecule has 1 aromatic heterocycles. The van der Waals surface area contributed by atoms with E-state index in [-0.39, 0.29) is 22.3 Å². The topological polar surface area (TPSA) is 62.5 Å². The second-order valence-electron chi connectivity index (χ2n) is 7.68. The van der Waals surface area contributed by atoms with E-state index in [9.17, 15) is 9.59 Å². The Morgan fingerprint density at radius 3 is 2.15 bits per heavy atom. The van der Waals surface area contributed by atoms with Crippen molar-refractivity contribution in [2.75, 3.05) is 43.4 Å². The molecule has 0 unspecified atom stereocenters. The average molecular weight is 438 g/mol. The Morgan fingerprint density at radius 1 is 1.04 bits per heavy atom. The summed E-state index contributed by atoms with van der Waals surface area (Å²) in [4.78, 5) is 29.3. The minimum absolute atomic E-state index is 0.0688. The summed E-state index contributed by atoms with van der Waals surface area (Å²) in [5, 5.41) is 3.08. The zero-order valence-corrected chi connectivity index (χ0v) is 18.2. The summed E-state index contributed by atoms with van der Waals surface area (Å²) in [5.41, 5.74) is 3.33. The molecule has 1 aliphatic heterocycles. The van der Waals surface area contributed by atoms with E-state index >= 15 is 0 Å². The number of alkyl halides is 1. The van der Waals surface area contributed by atoms with Crippen molar-refractivity contribution >= 4 is 44.2 Å². The van der Waals surface area contributed by atoms with Crippen LogP contribution >= 0.6 is 15.9 Å². The summed E-state index contributed by atoms with van der Waals surface area (Å²) in [5.74, 6) is 0.113. The number of fused-ring (bicyclic) bond motifs is 1. The lowest BCUT2D eigenvalue weighted by Crippen LogP contribution is -2.44. The third kappa shape index (κ3) is 3.78. The molecule has 0 spiro atoms. The number of imidazole rings is 1. The van der Waals surface area contributed by atoms with Crippen LogP contribution in [0.15, 0.2) is 16.9 Å². The lowest BCUT2D eigenvalue weighted by molar-refractivity contribution is -0.116. The van der Waals surface area contributed by atoms with E-state index < -0.39 is 0 Å². The highest BCUT2D eigenvalue weighted by molar-refractivity contribution is 9.10. The van der Waals surface area contributed by atoms with Crippen LogP contribution in [-0.2, 0) is 18.9 Å². The maximum atomic E-state index is 12.7. The van der Waals surface area contributed by atoms with E-state index in [4.69, 9.17) is 0 Å². The van der Waals surface area contributed by atoms with Crippen LogP contribution in [0.5, 0.6) is 0 Å². The largest absolute Gasteiger partial charge is 0.367 e. The molecule has 2 heterocycles. The molecule has 1 fully saturated rings. The Kier molecular flexibility index (Phi) is 5.67. The molecular formula is C19H28BrN5O2. The van der Waals surface area contributed by atoms with Gasteiger partial charge >= 0.3 is 5.69 Å². The first kappa shape index (κ1) is 19.9. The van der Waals surface area contributed by atoms with Crippen molar-refractivity contribution in [3.63, 3.8) is 0 Å². The SMILES string of the molecule is CC(C)[C@H](Br)C(=O)Nc1cc2c(cc1N1CCN(C)CC1)n(C)c(=O)n2C. The van der Waals surface area contributed by atoms with Gasteiger partial charge in [-0.15, -0.1) is 0 Å². The number of aromatic nitrogens is 2. The van der Waals surface area contributed by atoms with Crippen molar-refractivity contribution in [3.8, 4) is 0 Å². The lowest BCUT2D eigenvalue weighted by Gasteiger charge is -2.35. The van der Waals surface area contributed by atoms with Gasteiger partial charge in [-0.05, 0) is 25.1 Å². The summed E-state index contributed by atoms with van der Waals surface area (Å²) in [6.45, 7) is 7.70. The molecule has 1 aliphatic rings. The lowest BCUT2D eigenvalue weighted by atomic mass is 10.1. The van der Waals surface area contributed by atoms with Gasteiger partial charge in [0.25, 0.3) is 0 Å². The highest BCUT2D eigenvalue weighted by Gasteiger charge is 2.24. The maximum Gasteiger partial charge on any atom is 0.328 e. The Morgan fingerprint density at radius 2 is 1.59 bits per heavy atom. The molecule has 27 heavy (non-hydrogen) atoms. The molecule has 1 atom stereocenters. The molecule has 2 aromatic rings. The minimum atomic E-state index is -0.270. The number of rotatable bonds is 4. The number of hydrogen-bond donors (Lipinski definition) is 1. The second kappa shape index (κ2) is 7.67. The Hall–Kier alpha value is -1.80. The van der Waals surface area contributed by atoms with Crippen LogP contribution in [0.3, 0.4) is 0 Å². The Labute approximate surface area is 168 Å². The number of nitrogens with one attached hydrogen (secondary N) is 1. The van der Waals surface area contributed by atoms with Gasteiger partial charge in [-0.3, -0.25) is 13.9 Å². The molecule has 7 nitrogen and oxygen atoms in total. The number of aryl methyl sites for hydroxylation is 2. The van der Waals surface area contributed by atoms with E-state index in [1.54, 1.807) is 23.2 Å². The Bertz CT molecular complexity index is 909. The van der Waals surface area contributed by atoms with Crippen LogP contribution < -0.4 is 15.9 Å². The third-order valence-corrected chi connectivity index (χ3v) is 6.80. The molecule has 1 amide bonds.